The van der Waals surface area contributed by atoms with E-state index >= 15 is 0 Å². The third-order valence-electron chi connectivity index (χ3n) is 14.6. The van der Waals surface area contributed by atoms with Crippen LogP contribution < -0.4 is 44.7 Å². The average Bonchev–Trinajstić information content (AvgIpc) is 0.856. The van der Waals surface area contributed by atoms with Crippen molar-refractivity contribution >= 4 is 108 Å². The van der Waals surface area contributed by atoms with Gasteiger partial charge in [0, 0.05) is 154 Å². The summed E-state index contributed by atoms with van der Waals surface area (Å²) in [4.78, 5) is 128. The number of anilines is 2. The molecule has 2 aromatic heterocycles. The Morgan fingerprint density at radius 1 is 0.520 bits per heavy atom. The van der Waals surface area contributed by atoms with Gasteiger partial charge in [-0.3, -0.25) is 68.6 Å². The molecule has 28 nitrogen and oxygen atoms in total. The van der Waals surface area contributed by atoms with E-state index in [9.17, 15) is 76.9 Å². The number of carbonyl (C=O) groups excluding carboxylic acids is 7. The molecule has 2 saturated heterocycles. The Balaban J connectivity index is 0.000000239. The van der Waals surface area contributed by atoms with E-state index in [1.54, 1.807) is 17.3 Å². The first-order valence-corrected chi connectivity index (χ1v) is 34.8. The number of hydrogen-bond acceptors (Lipinski definition) is 24. The minimum atomic E-state index is -1.05. The number of aliphatic carboxylic acids is 1. The average molecular weight is 1490 g/mol. The number of methoxy groups -OCH3 is 3. The number of rotatable bonds is 26. The van der Waals surface area contributed by atoms with Crippen LogP contribution in [0.3, 0.4) is 0 Å². The highest BCUT2D eigenvalue weighted by Gasteiger charge is 2.25. The second-order valence-corrected chi connectivity index (χ2v) is 23.9. The van der Waals surface area contributed by atoms with Gasteiger partial charge in [0.05, 0.1) is 56.6 Å². The summed E-state index contributed by atoms with van der Waals surface area (Å²) in [6.07, 6.45) is 6.80. The Labute approximate surface area is 595 Å². The molecule has 5 N–H and O–H groups in total. The van der Waals surface area contributed by atoms with Crippen molar-refractivity contribution in [2.24, 2.45) is 0 Å². The van der Waals surface area contributed by atoms with Crippen LogP contribution in [0.2, 0.25) is 0 Å². The van der Waals surface area contributed by atoms with Gasteiger partial charge in [-0.15, -0.1) is 0 Å². The Bertz CT molecular complexity index is 4110. The van der Waals surface area contributed by atoms with Crippen LogP contribution in [0.4, 0.5) is 35.9 Å². The van der Waals surface area contributed by atoms with Crippen LogP contribution in [-0.2, 0) is 38.0 Å². The van der Waals surface area contributed by atoms with E-state index in [1.165, 1.54) is 75.5 Å². The van der Waals surface area contributed by atoms with Crippen LogP contribution in [0.15, 0.2) is 140 Å². The van der Waals surface area contributed by atoms with Crippen LogP contribution in [0.5, 0.6) is 28.7 Å². The van der Waals surface area contributed by atoms with Gasteiger partial charge >= 0.3 is 23.3 Å². The standard InChI is InChI=1S/C20H22FN3O3.C19H16FN2O7PS.C11H11FO4.C9H13N3.C8H7N2O4PS/c1-27-19-4-2-15(14-17(19)21)18(25)3-5-20(26)24-12-10-23(11-13-24)16-6-8-22-9-7-16;1-28-16-5-2-11(8-13(16)20)15(23)4-7-18(24)29-17-6-3-12(9-14(17)22(26)27)19(25)21-10-30-31;1-16-10-4-2-7(6-8(10)12)9(13)3-5-11(14)15;1-3-10-4-2-9(1)12-7-5-11-6-8-12;11-7-2-1-5(3-6(7)10(13)14)8(12)9-4-15-16/h2,4,6-9,14H,3,5,10-13H2,1H3;2-3,5-6,8-9H,4,7,10H2,1H3,(H,21,25);2,4,6H,3,5H2,1H3,(H,14,15);1-4,11H,5-8H2;1-3,11H,4H2,(H,9,12). The third-order valence-corrected chi connectivity index (χ3v) is 15.9. The van der Waals surface area contributed by atoms with Gasteiger partial charge in [-0.1, -0.05) is 23.6 Å². The molecule has 0 aliphatic carbocycles. The second-order valence-electron chi connectivity index (χ2n) is 21.2. The van der Waals surface area contributed by atoms with Crippen molar-refractivity contribution in [2.75, 3.05) is 96.1 Å². The van der Waals surface area contributed by atoms with Gasteiger partial charge in [-0.05, 0) is 118 Å². The number of carbonyl (C=O) groups is 8. The number of nitrogens with one attached hydrogen (secondary N) is 3. The van der Waals surface area contributed by atoms with Gasteiger partial charge in [-0.2, -0.15) is 0 Å². The first kappa shape index (κ1) is 81.8. The number of esters is 1. The van der Waals surface area contributed by atoms with Gasteiger partial charge in [0.1, 0.15) is 0 Å². The predicted molar refractivity (Wildman–Crippen MR) is 376 cm³/mol. The topological polar surface area (TPSA) is 372 Å². The van der Waals surface area contributed by atoms with Gasteiger partial charge < -0.3 is 59.8 Å². The van der Waals surface area contributed by atoms with E-state index in [0.717, 1.165) is 87.4 Å². The van der Waals surface area contributed by atoms with E-state index in [4.69, 9.17) is 35.9 Å². The maximum atomic E-state index is 13.7. The number of hydrogen-bond donors (Lipinski definition) is 5. The van der Waals surface area contributed by atoms with Crippen molar-refractivity contribution in [3.63, 3.8) is 0 Å². The smallest absolute Gasteiger partial charge is 0.312 e. The second kappa shape index (κ2) is 43.0. The van der Waals surface area contributed by atoms with Gasteiger partial charge in [-0.25, -0.2) is 13.2 Å². The number of ketones is 3. The molecule has 3 amide bonds. The molecular weight excluding hydrogens is 1420 g/mol. The lowest BCUT2D eigenvalue weighted by Crippen LogP contribution is -2.48. The zero-order valence-electron chi connectivity index (χ0n) is 55.0. The molecule has 0 spiro atoms. The highest BCUT2D eigenvalue weighted by molar-refractivity contribution is 7.96. The molecular formula is C67H69F3N10O18P2S2. The number of phenols is 1. The Hall–Kier alpha value is -10.9. The number of pyridine rings is 2. The van der Waals surface area contributed by atoms with Crippen molar-refractivity contribution in [2.45, 2.75) is 38.5 Å². The highest BCUT2D eigenvalue weighted by Crippen LogP contribution is 2.30. The lowest BCUT2D eigenvalue weighted by molar-refractivity contribution is -0.385. The van der Waals surface area contributed by atoms with E-state index in [2.05, 4.69) is 59.7 Å². The molecule has 102 heavy (non-hydrogen) atoms. The number of nitrogens with zero attached hydrogens (tertiary/aromatic N) is 7. The number of amides is 3. The van der Waals surface area contributed by atoms with E-state index in [1.807, 2.05) is 24.5 Å². The van der Waals surface area contributed by atoms with Crippen LogP contribution in [0.25, 0.3) is 0 Å². The van der Waals surface area contributed by atoms with E-state index in [0.29, 0.717) is 34.1 Å². The molecule has 0 unspecified atom stereocenters. The number of halogens is 3. The summed E-state index contributed by atoms with van der Waals surface area (Å²) in [7, 11) is 5.06. The monoisotopic (exact) mass is 1480 g/mol. The molecule has 0 atom stereocenters. The number of carboxylic acids is 1. The van der Waals surface area contributed by atoms with Gasteiger partial charge in [0.25, 0.3) is 11.8 Å². The number of ether oxygens (including phenoxy) is 4. The summed E-state index contributed by atoms with van der Waals surface area (Å²) in [5, 5.41) is 47.6. The number of piperazine rings is 2. The van der Waals surface area contributed by atoms with Gasteiger partial charge in [0.2, 0.25) is 11.7 Å². The minimum absolute atomic E-state index is 0.00172. The van der Waals surface area contributed by atoms with Crippen LogP contribution >= 0.6 is 14.7 Å². The molecule has 538 valence electrons. The molecule has 4 heterocycles. The molecule has 9 rings (SSSR count). The number of aromatic nitrogens is 2. The minimum Gasteiger partial charge on any atom is -0.502 e. The number of nitro benzene ring substituents is 2. The fraction of sp³-hybridized carbons (Fsp3) is 0.284. The Morgan fingerprint density at radius 2 is 0.902 bits per heavy atom. The normalized spacial score (nSPS) is 12.1. The number of nitro groups is 2. The summed E-state index contributed by atoms with van der Waals surface area (Å²) in [6, 6.07) is 26.3. The van der Waals surface area contributed by atoms with Crippen molar-refractivity contribution in [1.29, 1.82) is 0 Å². The number of phenolic OH excluding ortho intramolecular Hbond substituents is 1. The fourth-order valence-electron chi connectivity index (χ4n) is 9.30. The molecule has 35 heteroatoms. The van der Waals surface area contributed by atoms with Crippen LogP contribution in [0.1, 0.15) is 90.3 Å². The zero-order valence-corrected chi connectivity index (χ0v) is 58.4. The third kappa shape index (κ3) is 26.7. The maximum absolute atomic E-state index is 13.7. The molecule has 5 aromatic carbocycles. The van der Waals surface area contributed by atoms with E-state index in [-0.39, 0.29) is 107 Å². The van der Waals surface area contributed by atoms with Gasteiger partial charge in [0.15, 0.2) is 57.8 Å². The van der Waals surface area contributed by atoms with Crippen molar-refractivity contribution in [3.05, 3.63) is 206 Å². The number of aromatic hydroxyl groups is 1. The number of benzene rings is 5. The van der Waals surface area contributed by atoms with Crippen LogP contribution in [-0.4, -0.2) is 168 Å². The summed E-state index contributed by atoms with van der Waals surface area (Å²) in [5.41, 5.74) is 1.86. The van der Waals surface area contributed by atoms with Crippen molar-refractivity contribution in [1.82, 2.24) is 30.8 Å². The molecule has 7 aromatic rings. The lowest BCUT2D eigenvalue weighted by atomic mass is 10.1. The molecule has 0 bridgehead atoms. The van der Waals surface area contributed by atoms with Crippen molar-refractivity contribution < 1.29 is 90.5 Å². The summed E-state index contributed by atoms with van der Waals surface area (Å²) >= 11 is 9.31. The number of carboxylic acid groups (broad SMARTS) is 1. The summed E-state index contributed by atoms with van der Waals surface area (Å²) in [6.45, 7) is 7.10. The lowest BCUT2D eigenvalue weighted by Gasteiger charge is -2.36. The maximum Gasteiger partial charge on any atom is 0.312 e. The Kier molecular flexibility index (Phi) is 34.5. The quantitative estimate of drug-likeness (QED) is 0.00840. The molecule has 2 aliphatic heterocycles. The SMILES string of the molecule is COc1ccc(C(=O)CCC(=O)N2CCN(c3ccncc3)CC2)cc1F.COc1ccc(C(=O)CCC(=O)O)cc1F.COc1ccc(C(=O)CCC(=O)Oc2ccc(C(=O)NCP=S)cc2[N+](=O)[O-])cc1F.O=C(NCP=S)c1ccc(O)c([N+](=O)[O-])c1.c1cc(N2CCNCC2)ccn1. The van der Waals surface area contributed by atoms with Crippen molar-refractivity contribution in [3.8, 4) is 28.7 Å². The zero-order chi connectivity index (χ0) is 74.7. The first-order valence-electron chi connectivity index (χ1n) is 30.6. The number of Topliss-reactive ketones (excluding diaryl/α,β-unsaturated/α-hetero) is 3. The fourth-order valence-corrected chi connectivity index (χ4v) is 10.1. The Morgan fingerprint density at radius 3 is 1.30 bits per heavy atom. The highest BCUT2D eigenvalue weighted by atomic mass is 32.4. The summed E-state index contributed by atoms with van der Waals surface area (Å²) < 4.78 is 59.9. The van der Waals surface area contributed by atoms with E-state index < -0.39 is 79.7 Å². The molecule has 0 radical (unpaired) electrons. The van der Waals surface area contributed by atoms with Crippen LogP contribution in [0, 0.1) is 37.7 Å². The molecule has 2 fully saturated rings. The molecule has 0 saturated carbocycles. The largest absolute Gasteiger partial charge is 0.502 e. The predicted octanol–water partition coefficient (Wildman–Crippen LogP) is 9.72. The summed E-state index contributed by atoms with van der Waals surface area (Å²) in [5.74, 6) is -6.83. The molecule has 2 aliphatic rings. The first-order chi connectivity index (χ1) is 48.9.